The second kappa shape index (κ2) is 7.01. The lowest BCUT2D eigenvalue weighted by molar-refractivity contribution is -0.161. The highest BCUT2D eigenvalue weighted by molar-refractivity contribution is 6.35. The highest BCUT2D eigenvalue weighted by Gasteiger charge is 2.43. The molecular weight excluding hydrogens is 264 g/mol. The fourth-order valence-corrected chi connectivity index (χ4v) is 2.53. The van der Waals surface area contributed by atoms with Gasteiger partial charge in [-0.3, -0.25) is 9.59 Å². The van der Waals surface area contributed by atoms with Crippen molar-refractivity contribution >= 4 is 11.8 Å². The number of rotatable bonds is 5. The first kappa shape index (κ1) is 15.2. The zero-order valence-electron chi connectivity index (χ0n) is 11.8. The summed E-state index contributed by atoms with van der Waals surface area (Å²) in [4.78, 5) is 23.0. The lowest BCUT2D eigenvalue weighted by atomic mass is 10.2. The van der Waals surface area contributed by atoms with E-state index >= 15 is 0 Å². The molecule has 1 aliphatic carbocycles. The van der Waals surface area contributed by atoms with Crippen molar-refractivity contribution in [2.45, 2.75) is 37.6 Å². The molecule has 0 aromatic heterocycles. The normalized spacial score (nSPS) is 23.9. The zero-order valence-corrected chi connectivity index (χ0v) is 11.8. The lowest BCUT2D eigenvalue weighted by Gasteiger charge is -2.21. The van der Waals surface area contributed by atoms with Crippen LogP contribution in [-0.4, -0.2) is 57.1 Å². The van der Waals surface area contributed by atoms with Gasteiger partial charge in [0.05, 0.1) is 13.2 Å². The summed E-state index contributed by atoms with van der Waals surface area (Å²) in [5.74, 6) is -1.75. The topological polar surface area (TPSA) is 85.9 Å². The molecule has 2 rings (SSSR count). The summed E-state index contributed by atoms with van der Waals surface area (Å²) in [5.41, 5.74) is 0. The van der Waals surface area contributed by atoms with E-state index in [1.807, 2.05) is 0 Å². The van der Waals surface area contributed by atoms with Crippen LogP contribution >= 0.6 is 0 Å². The second-order valence-corrected chi connectivity index (χ2v) is 5.13. The van der Waals surface area contributed by atoms with Gasteiger partial charge in [-0.15, -0.1) is 0 Å². The molecule has 2 N–H and O–H groups in total. The van der Waals surface area contributed by atoms with Gasteiger partial charge in [0.25, 0.3) is 0 Å². The van der Waals surface area contributed by atoms with Gasteiger partial charge in [-0.1, -0.05) is 0 Å². The summed E-state index contributed by atoms with van der Waals surface area (Å²) in [6, 6.07) is 0. The Morgan fingerprint density at radius 2 is 1.95 bits per heavy atom. The van der Waals surface area contributed by atoms with Gasteiger partial charge in [0.2, 0.25) is 0 Å². The fraction of sp³-hybridized carbons (Fsp3) is 0.846. The van der Waals surface area contributed by atoms with Crippen LogP contribution in [0.2, 0.25) is 0 Å². The maximum Gasteiger partial charge on any atom is 0.309 e. The molecule has 1 spiro atoms. The largest absolute Gasteiger partial charge is 0.383 e. The van der Waals surface area contributed by atoms with E-state index in [0.29, 0.717) is 19.8 Å². The van der Waals surface area contributed by atoms with Crippen LogP contribution in [0.1, 0.15) is 25.7 Å². The van der Waals surface area contributed by atoms with E-state index in [9.17, 15) is 9.59 Å². The van der Waals surface area contributed by atoms with Crippen molar-refractivity contribution in [1.82, 2.24) is 10.6 Å². The highest BCUT2D eigenvalue weighted by atomic mass is 16.7. The van der Waals surface area contributed by atoms with Gasteiger partial charge >= 0.3 is 11.8 Å². The van der Waals surface area contributed by atoms with E-state index in [1.54, 1.807) is 0 Å². The van der Waals surface area contributed by atoms with Gasteiger partial charge in [-0.25, -0.2) is 0 Å². The van der Waals surface area contributed by atoms with Gasteiger partial charge in [-0.05, 0) is 12.8 Å². The first-order valence-corrected chi connectivity index (χ1v) is 7.02. The monoisotopic (exact) mass is 286 g/mol. The Hall–Kier alpha value is -1.18. The van der Waals surface area contributed by atoms with E-state index in [0.717, 1.165) is 25.7 Å². The number of nitrogens with one attached hydrogen (secondary N) is 2. The summed E-state index contributed by atoms with van der Waals surface area (Å²) in [5, 5.41) is 5.02. The predicted octanol–water partition coefficient (Wildman–Crippen LogP) is -0.449. The number of hydrogen-bond acceptors (Lipinski definition) is 5. The maximum atomic E-state index is 11.5. The van der Waals surface area contributed by atoms with E-state index in [2.05, 4.69) is 10.6 Å². The molecular formula is C13H22N2O5. The molecule has 0 aromatic carbocycles. The molecule has 1 atom stereocenters. The van der Waals surface area contributed by atoms with Crippen molar-refractivity contribution in [3.8, 4) is 0 Å². The smallest absolute Gasteiger partial charge is 0.309 e. The van der Waals surface area contributed by atoms with Gasteiger partial charge in [0.15, 0.2) is 5.79 Å². The van der Waals surface area contributed by atoms with E-state index in [1.165, 1.54) is 7.11 Å². The molecule has 2 amide bonds. The third-order valence-corrected chi connectivity index (χ3v) is 3.57. The Balaban J connectivity index is 1.65. The molecule has 1 saturated carbocycles. The van der Waals surface area contributed by atoms with E-state index in [4.69, 9.17) is 14.2 Å². The summed E-state index contributed by atoms with van der Waals surface area (Å²) in [7, 11) is 1.53. The minimum absolute atomic E-state index is 0.177. The number of carbonyl (C=O) groups is 2. The first-order valence-electron chi connectivity index (χ1n) is 7.02. The number of methoxy groups -OCH3 is 1. The van der Waals surface area contributed by atoms with Crippen LogP contribution in [0.5, 0.6) is 0 Å². The summed E-state index contributed by atoms with van der Waals surface area (Å²) in [6.45, 7) is 1.44. The quantitative estimate of drug-likeness (QED) is 0.528. The molecule has 0 radical (unpaired) electrons. The maximum absolute atomic E-state index is 11.5. The standard InChI is InChI=1S/C13H22N2O5/c1-18-7-6-14-11(16)12(17)15-8-10-9-19-13(20-10)4-2-3-5-13/h10H,2-9H2,1H3,(H,14,16)(H,15,17)/t10-/m0/s1. The van der Waals surface area contributed by atoms with Crippen molar-refractivity contribution in [3.05, 3.63) is 0 Å². The number of amides is 2. The molecule has 2 fully saturated rings. The molecule has 1 saturated heterocycles. The SMILES string of the molecule is COCCNC(=O)C(=O)NC[C@H]1COC2(CCCC2)O1. The van der Waals surface area contributed by atoms with Crippen LogP contribution in [-0.2, 0) is 23.8 Å². The molecule has 0 bridgehead atoms. The zero-order chi connectivity index (χ0) is 14.4. The van der Waals surface area contributed by atoms with Crippen molar-refractivity contribution in [3.63, 3.8) is 0 Å². The van der Waals surface area contributed by atoms with Crippen LogP contribution in [0.3, 0.4) is 0 Å². The molecule has 1 heterocycles. The molecule has 114 valence electrons. The van der Waals surface area contributed by atoms with Crippen LogP contribution in [0.25, 0.3) is 0 Å². The Morgan fingerprint density at radius 3 is 2.65 bits per heavy atom. The van der Waals surface area contributed by atoms with Gasteiger partial charge < -0.3 is 24.8 Å². The molecule has 7 heteroatoms. The molecule has 1 aliphatic heterocycles. The third kappa shape index (κ3) is 3.91. The minimum atomic E-state index is -0.656. The third-order valence-electron chi connectivity index (χ3n) is 3.57. The number of hydrogen-bond donors (Lipinski definition) is 2. The predicted molar refractivity (Wildman–Crippen MR) is 69.9 cm³/mol. The molecule has 7 nitrogen and oxygen atoms in total. The van der Waals surface area contributed by atoms with Gasteiger partial charge in [0, 0.05) is 33.0 Å². The van der Waals surface area contributed by atoms with Crippen LogP contribution in [0.4, 0.5) is 0 Å². The molecule has 20 heavy (non-hydrogen) atoms. The Morgan fingerprint density at radius 1 is 1.25 bits per heavy atom. The number of carbonyl (C=O) groups excluding carboxylic acids is 2. The van der Waals surface area contributed by atoms with Crippen molar-refractivity contribution in [2.75, 3.05) is 33.4 Å². The first-order chi connectivity index (χ1) is 9.65. The van der Waals surface area contributed by atoms with E-state index in [-0.39, 0.29) is 12.6 Å². The van der Waals surface area contributed by atoms with Crippen LogP contribution in [0, 0.1) is 0 Å². The average molecular weight is 286 g/mol. The van der Waals surface area contributed by atoms with Crippen LogP contribution < -0.4 is 10.6 Å². The highest BCUT2D eigenvalue weighted by Crippen LogP contribution is 2.38. The van der Waals surface area contributed by atoms with Gasteiger partial charge in [0.1, 0.15) is 6.10 Å². The summed E-state index contributed by atoms with van der Waals surface area (Å²) < 4.78 is 16.3. The Kier molecular flexibility index (Phi) is 5.33. The van der Waals surface area contributed by atoms with Gasteiger partial charge in [-0.2, -0.15) is 0 Å². The van der Waals surface area contributed by atoms with Crippen molar-refractivity contribution < 1.29 is 23.8 Å². The average Bonchev–Trinajstić information content (AvgIpc) is 3.07. The second-order valence-electron chi connectivity index (χ2n) is 5.13. The van der Waals surface area contributed by atoms with Crippen molar-refractivity contribution in [1.29, 1.82) is 0 Å². The minimum Gasteiger partial charge on any atom is -0.383 e. The van der Waals surface area contributed by atoms with Crippen LogP contribution in [0.15, 0.2) is 0 Å². The summed E-state index contributed by atoms with van der Waals surface area (Å²) in [6.07, 6.45) is 3.87. The Labute approximate surface area is 118 Å². The Bertz CT molecular complexity index is 355. The number of ether oxygens (including phenoxy) is 3. The molecule has 0 aromatic rings. The molecule has 2 aliphatic rings. The lowest BCUT2D eigenvalue weighted by Crippen LogP contribution is -2.44. The molecule has 0 unspecified atom stereocenters. The van der Waals surface area contributed by atoms with E-state index < -0.39 is 17.6 Å². The fourth-order valence-electron chi connectivity index (χ4n) is 2.53. The van der Waals surface area contributed by atoms with Crippen molar-refractivity contribution in [2.24, 2.45) is 0 Å². The summed E-state index contributed by atoms with van der Waals surface area (Å²) >= 11 is 0.